The molecule has 0 amide bonds. The van der Waals surface area contributed by atoms with Crippen LogP contribution in [0.25, 0.3) is 0 Å². The summed E-state index contributed by atoms with van der Waals surface area (Å²) in [7, 11) is 0. The van der Waals surface area contributed by atoms with Gasteiger partial charge in [0.05, 0.1) is 0 Å². The molecule has 0 saturated carbocycles. The summed E-state index contributed by atoms with van der Waals surface area (Å²) >= 11 is 0. The van der Waals surface area contributed by atoms with Gasteiger partial charge < -0.3 is 10.9 Å². The second kappa shape index (κ2) is 4.31. The molecule has 15 heavy (non-hydrogen) atoms. The predicted molar refractivity (Wildman–Crippen MR) is 61.7 cm³/mol. The van der Waals surface area contributed by atoms with E-state index in [-0.39, 0.29) is 5.41 Å². The molecule has 1 unspecified atom stereocenters. The summed E-state index contributed by atoms with van der Waals surface area (Å²) in [5, 5.41) is 8.73. The quantitative estimate of drug-likeness (QED) is 0.516. The number of aryl methyl sites for hydroxylation is 1. The number of benzene rings is 1. The molecule has 0 saturated heterocycles. The van der Waals surface area contributed by atoms with E-state index >= 15 is 0 Å². The molecule has 1 aromatic rings. The lowest BCUT2D eigenvalue weighted by molar-refractivity contribution is 0.128. The number of nitrogens with two attached hydrogens (primary N) is 1. The van der Waals surface area contributed by atoms with Crippen molar-refractivity contribution in [3.8, 4) is 0 Å². The van der Waals surface area contributed by atoms with E-state index in [0.717, 1.165) is 5.56 Å². The van der Waals surface area contributed by atoms with E-state index in [4.69, 9.17) is 10.9 Å². The minimum Gasteiger partial charge on any atom is -0.315 e. The van der Waals surface area contributed by atoms with E-state index in [1.165, 1.54) is 11.1 Å². The summed E-state index contributed by atoms with van der Waals surface area (Å²) < 4.78 is 0. The number of hydrogen-bond donors (Lipinski definition) is 3. The summed E-state index contributed by atoms with van der Waals surface area (Å²) in [6.07, 6.45) is -0.516. The molecule has 1 rings (SSSR count). The van der Waals surface area contributed by atoms with Crippen molar-refractivity contribution in [2.75, 3.05) is 0 Å². The Bertz CT molecular complexity index is 342. The molecule has 0 aromatic heterocycles. The van der Waals surface area contributed by atoms with Crippen molar-refractivity contribution >= 4 is 0 Å². The van der Waals surface area contributed by atoms with E-state index in [1.54, 1.807) is 0 Å². The van der Waals surface area contributed by atoms with Gasteiger partial charge in [-0.1, -0.05) is 39.0 Å². The van der Waals surface area contributed by atoms with E-state index in [2.05, 4.69) is 33.8 Å². The number of hydroxylamine groups is 1. The van der Waals surface area contributed by atoms with Crippen LogP contribution in [0.1, 0.15) is 43.6 Å². The molecule has 3 heteroatoms. The van der Waals surface area contributed by atoms with E-state index in [0.29, 0.717) is 0 Å². The van der Waals surface area contributed by atoms with Gasteiger partial charge in [-0.2, -0.15) is 5.48 Å². The Morgan fingerprint density at radius 3 is 2.33 bits per heavy atom. The largest absolute Gasteiger partial charge is 0.315 e. The second-order valence-electron chi connectivity index (χ2n) is 4.93. The van der Waals surface area contributed by atoms with Crippen LogP contribution in [-0.4, -0.2) is 5.21 Å². The Labute approximate surface area is 91.3 Å². The molecular weight excluding hydrogens is 188 g/mol. The third-order valence-electron chi connectivity index (χ3n) is 2.56. The van der Waals surface area contributed by atoms with Gasteiger partial charge in [-0.3, -0.25) is 0 Å². The van der Waals surface area contributed by atoms with Gasteiger partial charge in [0.1, 0.15) is 6.17 Å². The van der Waals surface area contributed by atoms with Crippen molar-refractivity contribution in [1.82, 2.24) is 5.48 Å². The molecule has 0 bridgehead atoms. The topological polar surface area (TPSA) is 58.3 Å². The van der Waals surface area contributed by atoms with E-state index in [1.807, 2.05) is 17.6 Å². The molecule has 0 aliphatic heterocycles. The first-order chi connectivity index (χ1) is 6.86. The summed E-state index contributed by atoms with van der Waals surface area (Å²) in [6, 6.07) is 6.03. The maximum Gasteiger partial charge on any atom is 0.104 e. The van der Waals surface area contributed by atoms with Crippen molar-refractivity contribution in [1.29, 1.82) is 0 Å². The monoisotopic (exact) mass is 208 g/mol. The number of rotatable bonds is 2. The molecule has 1 aromatic carbocycles. The molecule has 0 radical (unpaired) electrons. The van der Waals surface area contributed by atoms with Crippen LogP contribution in [0.4, 0.5) is 0 Å². The summed E-state index contributed by atoms with van der Waals surface area (Å²) in [5.41, 5.74) is 11.2. The smallest absolute Gasteiger partial charge is 0.104 e. The minimum atomic E-state index is -0.516. The number of nitrogens with one attached hydrogen (secondary N) is 1. The maximum absolute atomic E-state index is 8.73. The summed E-state index contributed by atoms with van der Waals surface area (Å²) in [6.45, 7) is 8.60. The van der Waals surface area contributed by atoms with Crippen molar-refractivity contribution in [3.05, 3.63) is 34.9 Å². The van der Waals surface area contributed by atoms with Crippen LogP contribution < -0.4 is 11.2 Å². The minimum absolute atomic E-state index is 0.138. The molecule has 4 N–H and O–H groups in total. The highest BCUT2D eigenvalue weighted by Crippen LogP contribution is 2.26. The zero-order valence-corrected chi connectivity index (χ0v) is 9.83. The van der Waals surface area contributed by atoms with Gasteiger partial charge >= 0.3 is 0 Å². The van der Waals surface area contributed by atoms with Gasteiger partial charge in [-0.05, 0) is 29.0 Å². The van der Waals surface area contributed by atoms with Crippen molar-refractivity contribution in [2.45, 2.75) is 39.3 Å². The maximum atomic E-state index is 8.73. The Balaban J connectivity index is 3.09. The summed E-state index contributed by atoms with van der Waals surface area (Å²) in [5.74, 6) is 0. The van der Waals surface area contributed by atoms with Gasteiger partial charge in [0.15, 0.2) is 0 Å². The lowest BCUT2D eigenvalue weighted by atomic mass is 9.83. The van der Waals surface area contributed by atoms with Crippen LogP contribution in [0.2, 0.25) is 0 Å². The normalized spacial score (nSPS) is 14.0. The molecular formula is C12H20N2O. The Hall–Kier alpha value is -0.900. The first kappa shape index (κ1) is 12.2. The molecule has 0 fully saturated rings. The van der Waals surface area contributed by atoms with Crippen molar-refractivity contribution < 1.29 is 5.21 Å². The van der Waals surface area contributed by atoms with Crippen LogP contribution in [0.3, 0.4) is 0 Å². The van der Waals surface area contributed by atoms with Crippen LogP contribution >= 0.6 is 0 Å². The average molecular weight is 208 g/mol. The highest BCUT2D eigenvalue weighted by atomic mass is 16.5. The lowest BCUT2D eigenvalue weighted by Crippen LogP contribution is -2.25. The summed E-state index contributed by atoms with van der Waals surface area (Å²) in [4.78, 5) is 0. The molecule has 0 aliphatic rings. The molecule has 84 valence electrons. The Kier molecular flexibility index (Phi) is 3.50. The van der Waals surface area contributed by atoms with Crippen LogP contribution in [0.15, 0.2) is 18.2 Å². The molecule has 3 nitrogen and oxygen atoms in total. The fourth-order valence-corrected chi connectivity index (χ4v) is 1.80. The Morgan fingerprint density at radius 2 is 1.93 bits per heavy atom. The van der Waals surface area contributed by atoms with Gasteiger partial charge in [-0.15, -0.1) is 0 Å². The van der Waals surface area contributed by atoms with E-state index in [9.17, 15) is 0 Å². The van der Waals surface area contributed by atoms with Crippen LogP contribution in [0, 0.1) is 6.92 Å². The molecule has 0 heterocycles. The van der Waals surface area contributed by atoms with Gasteiger partial charge in [0, 0.05) is 0 Å². The number of hydrogen-bond acceptors (Lipinski definition) is 3. The standard InChI is InChI=1S/C12H20N2O/c1-8-7-9(11(13)14-15)5-6-10(8)12(2,3)4/h5-7,11,14-15H,13H2,1-4H3. The first-order valence-electron chi connectivity index (χ1n) is 5.12. The third-order valence-corrected chi connectivity index (χ3v) is 2.56. The van der Waals surface area contributed by atoms with E-state index < -0.39 is 6.17 Å². The zero-order valence-electron chi connectivity index (χ0n) is 9.83. The zero-order chi connectivity index (χ0) is 11.6. The predicted octanol–water partition coefficient (Wildman–Crippen LogP) is 2.23. The van der Waals surface area contributed by atoms with Crippen molar-refractivity contribution in [2.24, 2.45) is 5.73 Å². The first-order valence-corrected chi connectivity index (χ1v) is 5.12. The van der Waals surface area contributed by atoms with Crippen LogP contribution in [-0.2, 0) is 5.41 Å². The van der Waals surface area contributed by atoms with Crippen molar-refractivity contribution in [3.63, 3.8) is 0 Å². The average Bonchev–Trinajstić information content (AvgIpc) is 2.14. The van der Waals surface area contributed by atoms with Gasteiger partial charge in [0.2, 0.25) is 0 Å². The molecule has 0 spiro atoms. The van der Waals surface area contributed by atoms with Crippen LogP contribution in [0.5, 0.6) is 0 Å². The highest BCUT2D eigenvalue weighted by Gasteiger charge is 2.16. The fourth-order valence-electron chi connectivity index (χ4n) is 1.80. The van der Waals surface area contributed by atoms with Gasteiger partial charge in [0.25, 0.3) is 0 Å². The second-order valence-corrected chi connectivity index (χ2v) is 4.93. The SMILES string of the molecule is Cc1cc(C(N)NO)ccc1C(C)(C)C. The molecule has 1 atom stereocenters. The Morgan fingerprint density at radius 1 is 1.33 bits per heavy atom. The fraction of sp³-hybridized carbons (Fsp3) is 0.500. The lowest BCUT2D eigenvalue weighted by Gasteiger charge is -2.23. The molecule has 0 aliphatic carbocycles. The highest BCUT2D eigenvalue weighted by molar-refractivity contribution is 5.36. The third kappa shape index (κ3) is 2.78. The van der Waals surface area contributed by atoms with Gasteiger partial charge in [-0.25, -0.2) is 0 Å².